The van der Waals surface area contributed by atoms with Gasteiger partial charge in [-0.1, -0.05) is 36.4 Å². The smallest absolute Gasteiger partial charge is 0.229 e. The summed E-state index contributed by atoms with van der Waals surface area (Å²) in [6.45, 7) is 4.80. The van der Waals surface area contributed by atoms with E-state index in [1.54, 1.807) is 12.3 Å². The number of anilines is 3. The van der Waals surface area contributed by atoms with E-state index in [1.807, 2.05) is 30.3 Å². The van der Waals surface area contributed by atoms with Gasteiger partial charge in [-0.15, -0.1) is 0 Å². The van der Waals surface area contributed by atoms with Gasteiger partial charge in [0.15, 0.2) is 0 Å². The highest BCUT2D eigenvalue weighted by Gasteiger charge is 2.15. The molecule has 0 unspecified atom stereocenters. The predicted octanol–water partition coefficient (Wildman–Crippen LogP) is 4.91. The van der Waals surface area contributed by atoms with Crippen molar-refractivity contribution in [3.8, 4) is 0 Å². The maximum atomic E-state index is 13.8. The van der Waals surface area contributed by atoms with Crippen molar-refractivity contribution in [2.45, 2.75) is 26.4 Å². The van der Waals surface area contributed by atoms with Crippen LogP contribution in [0.1, 0.15) is 19.4 Å². The number of para-hydroxylation sites is 1. The first-order valence-electron chi connectivity index (χ1n) is 8.39. The fraction of sp³-hybridized carbons (Fsp3) is 0.200. The van der Waals surface area contributed by atoms with Gasteiger partial charge in [0.2, 0.25) is 5.95 Å². The fourth-order valence-electron chi connectivity index (χ4n) is 2.61. The standard InChI is InChI=1S/C20H20F2N4/c1-14(2)26(13-15-7-4-3-5-8-15)18-11-12-23-20(24-18)25-19-16(21)9-6-10-17(19)22/h3-12,14H,13H2,1-2H3,(H,23,24,25). The lowest BCUT2D eigenvalue weighted by Crippen LogP contribution is -2.31. The van der Waals surface area contributed by atoms with Gasteiger partial charge in [-0.05, 0) is 37.6 Å². The van der Waals surface area contributed by atoms with Crippen LogP contribution >= 0.6 is 0 Å². The summed E-state index contributed by atoms with van der Waals surface area (Å²) in [5.74, 6) is -0.559. The molecule has 0 spiro atoms. The Bertz CT molecular complexity index is 848. The summed E-state index contributed by atoms with van der Waals surface area (Å²) in [5.41, 5.74) is 0.887. The van der Waals surface area contributed by atoms with Crippen LogP contribution in [0.2, 0.25) is 0 Å². The molecule has 0 bridgehead atoms. The molecule has 0 saturated carbocycles. The topological polar surface area (TPSA) is 41.1 Å². The van der Waals surface area contributed by atoms with E-state index in [9.17, 15) is 8.78 Å². The first-order valence-corrected chi connectivity index (χ1v) is 8.39. The monoisotopic (exact) mass is 354 g/mol. The van der Waals surface area contributed by atoms with Crippen molar-refractivity contribution in [3.05, 3.63) is 78.0 Å². The zero-order valence-electron chi connectivity index (χ0n) is 14.7. The third-order valence-electron chi connectivity index (χ3n) is 3.95. The zero-order valence-corrected chi connectivity index (χ0v) is 14.7. The molecule has 1 aromatic heterocycles. The fourth-order valence-corrected chi connectivity index (χ4v) is 2.61. The van der Waals surface area contributed by atoms with Crippen molar-refractivity contribution in [2.24, 2.45) is 0 Å². The lowest BCUT2D eigenvalue weighted by atomic mass is 10.2. The third-order valence-corrected chi connectivity index (χ3v) is 3.95. The summed E-state index contributed by atoms with van der Waals surface area (Å²) in [6.07, 6.45) is 1.57. The highest BCUT2D eigenvalue weighted by Crippen LogP contribution is 2.23. The van der Waals surface area contributed by atoms with Crippen LogP contribution in [-0.4, -0.2) is 16.0 Å². The SMILES string of the molecule is CC(C)N(Cc1ccccc1)c1ccnc(Nc2c(F)cccc2F)n1. The highest BCUT2D eigenvalue weighted by atomic mass is 19.1. The Morgan fingerprint density at radius 3 is 2.31 bits per heavy atom. The lowest BCUT2D eigenvalue weighted by molar-refractivity contribution is 0.590. The number of rotatable bonds is 6. The largest absolute Gasteiger partial charge is 0.350 e. The minimum Gasteiger partial charge on any atom is -0.350 e. The van der Waals surface area contributed by atoms with E-state index in [-0.39, 0.29) is 17.7 Å². The molecule has 0 saturated heterocycles. The number of hydrogen-bond donors (Lipinski definition) is 1. The summed E-state index contributed by atoms with van der Waals surface area (Å²) < 4.78 is 27.7. The normalized spacial score (nSPS) is 10.8. The van der Waals surface area contributed by atoms with Crippen molar-refractivity contribution in [1.82, 2.24) is 9.97 Å². The number of nitrogens with one attached hydrogen (secondary N) is 1. The average molecular weight is 354 g/mol. The molecular weight excluding hydrogens is 334 g/mol. The van der Waals surface area contributed by atoms with Crippen LogP contribution in [0, 0.1) is 11.6 Å². The van der Waals surface area contributed by atoms with E-state index in [0.717, 1.165) is 5.56 Å². The van der Waals surface area contributed by atoms with Gasteiger partial charge in [-0.25, -0.2) is 13.8 Å². The molecule has 0 aliphatic rings. The molecule has 0 radical (unpaired) electrons. The van der Waals surface area contributed by atoms with Crippen LogP contribution in [0.15, 0.2) is 60.8 Å². The van der Waals surface area contributed by atoms with Gasteiger partial charge in [0, 0.05) is 18.8 Å². The van der Waals surface area contributed by atoms with Gasteiger partial charge in [0.05, 0.1) is 0 Å². The second-order valence-electron chi connectivity index (χ2n) is 6.17. The summed E-state index contributed by atoms with van der Waals surface area (Å²) in [5, 5.41) is 2.64. The van der Waals surface area contributed by atoms with E-state index in [1.165, 1.54) is 18.2 Å². The zero-order chi connectivity index (χ0) is 18.5. The first kappa shape index (κ1) is 17.8. The minimum absolute atomic E-state index is 0.144. The number of benzene rings is 2. The Morgan fingerprint density at radius 1 is 0.962 bits per heavy atom. The van der Waals surface area contributed by atoms with Crippen LogP contribution in [0.5, 0.6) is 0 Å². The molecule has 3 rings (SSSR count). The Morgan fingerprint density at radius 2 is 1.65 bits per heavy atom. The van der Waals surface area contributed by atoms with Crippen molar-refractivity contribution in [3.63, 3.8) is 0 Å². The van der Waals surface area contributed by atoms with Gasteiger partial charge in [0.25, 0.3) is 0 Å². The third kappa shape index (κ3) is 4.14. The molecule has 2 aromatic carbocycles. The number of hydrogen-bond acceptors (Lipinski definition) is 4. The second kappa shape index (κ2) is 7.91. The number of halogens is 2. The predicted molar refractivity (Wildman–Crippen MR) is 99.4 cm³/mol. The van der Waals surface area contributed by atoms with E-state index in [0.29, 0.717) is 12.4 Å². The van der Waals surface area contributed by atoms with Gasteiger partial charge >= 0.3 is 0 Å². The van der Waals surface area contributed by atoms with E-state index in [2.05, 4.69) is 34.0 Å². The maximum absolute atomic E-state index is 13.8. The molecule has 0 aliphatic heterocycles. The van der Waals surface area contributed by atoms with Crippen LogP contribution in [0.25, 0.3) is 0 Å². The number of nitrogens with zero attached hydrogens (tertiary/aromatic N) is 3. The van der Waals surface area contributed by atoms with E-state index < -0.39 is 11.6 Å². The van der Waals surface area contributed by atoms with Crippen LogP contribution in [-0.2, 0) is 6.54 Å². The van der Waals surface area contributed by atoms with Gasteiger partial charge in [0.1, 0.15) is 23.1 Å². The highest BCUT2D eigenvalue weighted by molar-refractivity contribution is 5.56. The summed E-state index contributed by atoms with van der Waals surface area (Å²) >= 11 is 0. The molecule has 0 atom stereocenters. The summed E-state index contributed by atoms with van der Waals surface area (Å²) in [7, 11) is 0. The molecule has 0 aliphatic carbocycles. The average Bonchev–Trinajstić information content (AvgIpc) is 2.64. The summed E-state index contributed by atoms with van der Waals surface area (Å²) in [6, 6.07) is 15.7. The molecular formula is C20H20F2N4. The van der Waals surface area contributed by atoms with Crippen LogP contribution in [0.4, 0.5) is 26.2 Å². The first-order chi connectivity index (χ1) is 12.5. The molecule has 1 heterocycles. The molecule has 4 nitrogen and oxygen atoms in total. The lowest BCUT2D eigenvalue weighted by Gasteiger charge is -2.28. The molecule has 0 fully saturated rings. The van der Waals surface area contributed by atoms with Crippen LogP contribution < -0.4 is 10.2 Å². The maximum Gasteiger partial charge on any atom is 0.229 e. The Labute approximate surface area is 151 Å². The van der Waals surface area contributed by atoms with Gasteiger partial charge < -0.3 is 10.2 Å². The molecule has 3 aromatic rings. The van der Waals surface area contributed by atoms with Crippen molar-refractivity contribution in [2.75, 3.05) is 10.2 Å². The number of aromatic nitrogens is 2. The van der Waals surface area contributed by atoms with E-state index in [4.69, 9.17) is 0 Å². The molecule has 134 valence electrons. The van der Waals surface area contributed by atoms with E-state index >= 15 is 0 Å². The Kier molecular flexibility index (Phi) is 5.41. The van der Waals surface area contributed by atoms with Crippen molar-refractivity contribution < 1.29 is 8.78 Å². The van der Waals surface area contributed by atoms with Crippen molar-refractivity contribution in [1.29, 1.82) is 0 Å². The second-order valence-corrected chi connectivity index (χ2v) is 6.17. The van der Waals surface area contributed by atoms with Crippen molar-refractivity contribution >= 4 is 17.5 Å². The minimum atomic E-state index is -0.691. The molecule has 6 heteroatoms. The molecule has 1 N–H and O–H groups in total. The summed E-state index contributed by atoms with van der Waals surface area (Å²) in [4.78, 5) is 10.6. The Balaban J connectivity index is 1.87. The Hall–Kier alpha value is -3.02. The van der Waals surface area contributed by atoms with Gasteiger partial charge in [-0.2, -0.15) is 4.98 Å². The molecule has 26 heavy (non-hydrogen) atoms. The van der Waals surface area contributed by atoms with Gasteiger partial charge in [-0.3, -0.25) is 0 Å². The van der Waals surface area contributed by atoms with Crippen LogP contribution in [0.3, 0.4) is 0 Å². The quantitative estimate of drug-likeness (QED) is 0.683. The molecule has 0 amide bonds.